The topological polar surface area (TPSA) is 42.4 Å². The van der Waals surface area contributed by atoms with E-state index in [2.05, 4.69) is 9.72 Å². The van der Waals surface area contributed by atoms with E-state index in [1.165, 1.54) is 30.5 Å². The average molecular weight is 269 g/mol. The van der Waals surface area contributed by atoms with E-state index in [1.54, 1.807) is 12.1 Å². The van der Waals surface area contributed by atoms with Crippen LogP contribution in [0.2, 0.25) is 0 Å². The summed E-state index contributed by atoms with van der Waals surface area (Å²) in [6, 6.07) is 8.88. The Hall–Kier alpha value is -2.08. The molecule has 2 aromatic rings. The average Bonchev–Trinajstić information content (AvgIpc) is 2.37. The van der Waals surface area contributed by atoms with Gasteiger partial charge in [-0.3, -0.25) is 4.98 Å². The molecular weight excluding hydrogens is 259 g/mol. The fourth-order valence-electron chi connectivity index (χ4n) is 1.65. The quantitative estimate of drug-likeness (QED) is 0.930. The van der Waals surface area contributed by atoms with Crippen LogP contribution in [0.4, 0.5) is 13.2 Å². The van der Waals surface area contributed by atoms with E-state index in [0.29, 0.717) is 11.3 Å². The van der Waals surface area contributed by atoms with Gasteiger partial charge in [-0.05, 0) is 23.8 Å². The molecule has 100 valence electrons. The van der Waals surface area contributed by atoms with Crippen molar-refractivity contribution in [1.82, 2.24) is 4.98 Å². The SMILES string of the molecule is OCc1cc(-c2ccccc2OC(F)(F)F)ccn1. The molecule has 1 heterocycles. The highest BCUT2D eigenvalue weighted by Crippen LogP contribution is 2.33. The van der Waals surface area contributed by atoms with Crippen molar-refractivity contribution >= 4 is 0 Å². The van der Waals surface area contributed by atoms with Crippen molar-refractivity contribution in [2.75, 3.05) is 0 Å². The summed E-state index contributed by atoms with van der Waals surface area (Å²) in [5, 5.41) is 8.99. The number of hydrogen-bond donors (Lipinski definition) is 1. The molecule has 0 saturated carbocycles. The molecule has 0 amide bonds. The highest BCUT2D eigenvalue weighted by atomic mass is 19.4. The van der Waals surface area contributed by atoms with Crippen LogP contribution in [0.15, 0.2) is 42.6 Å². The molecule has 3 nitrogen and oxygen atoms in total. The van der Waals surface area contributed by atoms with Crippen molar-refractivity contribution in [2.24, 2.45) is 0 Å². The van der Waals surface area contributed by atoms with E-state index in [9.17, 15) is 13.2 Å². The first-order chi connectivity index (χ1) is 8.99. The van der Waals surface area contributed by atoms with E-state index >= 15 is 0 Å². The molecule has 19 heavy (non-hydrogen) atoms. The Balaban J connectivity index is 2.44. The molecule has 1 aromatic heterocycles. The summed E-state index contributed by atoms with van der Waals surface area (Å²) in [5.74, 6) is -0.287. The van der Waals surface area contributed by atoms with Gasteiger partial charge in [-0.1, -0.05) is 18.2 Å². The molecule has 6 heteroatoms. The molecule has 0 aliphatic heterocycles. The summed E-state index contributed by atoms with van der Waals surface area (Å²) in [6.45, 7) is -0.282. The van der Waals surface area contributed by atoms with Gasteiger partial charge < -0.3 is 9.84 Å². The fraction of sp³-hybridized carbons (Fsp3) is 0.154. The van der Waals surface area contributed by atoms with Gasteiger partial charge >= 0.3 is 6.36 Å². The highest BCUT2D eigenvalue weighted by molar-refractivity contribution is 5.70. The lowest BCUT2D eigenvalue weighted by molar-refractivity contribution is -0.274. The van der Waals surface area contributed by atoms with Gasteiger partial charge in [-0.15, -0.1) is 13.2 Å². The lowest BCUT2D eigenvalue weighted by Crippen LogP contribution is -2.17. The van der Waals surface area contributed by atoms with Gasteiger partial charge in [0, 0.05) is 11.8 Å². The number of halogens is 3. The van der Waals surface area contributed by atoms with Crippen molar-refractivity contribution < 1.29 is 23.0 Å². The number of nitrogens with zero attached hydrogens (tertiary/aromatic N) is 1. The number of pyridine rings is 1. The number of aliphatic hydroxyl groups excluding tert-OH is 1. The standard InChI is InChI=1S/C13H10F3NO2/c14-13(15,16)19-12-4-2-1-3-11(12)9-5-6-17-10(7-9)8-18/h1-7,18H,8H2. The zero-order chi connectivity index (χ0) is 13.9. The molecule has 0 aliphatic rings. The van der Waals surface area contributed by atoms with Gasteiger partial charge in [0.2, 0.25) is 0 Å². The van der Waals surface area contributed by atoms with Crippen LogP contribution in [0.3, 0.4) is 0 Å². The van der Waals surface area contributed by atoms with Crippen molar-refractivity contribution in [3.8, 4) is 16.9 Å². The summed E-state index contributed by atoms with van der Waals surface area (Å²) >= 11 is 0. The molecule has 0 radical (unpaired) electrons. The minimum Gasteiger partial charge on any atom is -0.405 e. The van der Waals surface area contributed by atoms with Gasteiger partial charge in [-0.2, -0.15) is 0 Å². The molecule has 0 unspecified atom stereocenters. The van der Waals surface area contributed by atoms with Crippen LogP contribution in [-0.4, -0.2) is 16.5 Å². The van der Waals surface area contributed by atoms with Gasteiger partial charge in [-0.25, -0.2) is 0 Å². The van der Waals surface area contributed by atoms with Crippen LogP contribution >= 0.6 is 0 Å². The van der Waals surface area contributed by atoms with Gasteiger partial charge in [0.1, 0.15) is 5.75 Å². The number of aliphatic hydroxyl groups is 1. The minimum atomic E-state index is -4.75. The number of aromatic nitrogens is 1. The molecular formula is C13H10F3NO2. The molecule has 0 fully saturated rings. The van der Waals surface area contributed by atoms with Crippen LogP contribution in [0.5, 0.6) is 5.75 Å². The molecule has 1 N–H and O–H groups in total. The predicted molar refractivity (Wildman–Crippen MR) is 62.3 cm³/mol. The third kappa shape index (κ3) is 3.45. The zero-order valence-corrected chi connectivity index (χ0v) is 9.69. The monoisotopic (exact) mass is 269 g/mol. The van der Waals surface area contributed by atoms with E-state index in [1.807, 2.05) is 0 Å². The maximum atomic E-state index is 12.3. The second-order valence-electron chi connectivity index (χ2n) is 3.74. The van der Waals surface area contributed by atoms with E-state index in [0.717, 1.165) is 0 Å². The maximum Gasteiger partial charge on any atom is 0.573 e. The van der Waals surface area contributed by atoms with Crippen LogP contribution in [0.25, 0.3) is 11.1 Å². The van der Waals surface area contributed by atoms with Crippen molar-refractivity contribution in [3.63, 3.8) is 0 Å². The van der Waals surface area contributed by atoms with E-state index in [-0.39, 0.29) is 17.9 Å². The lowest BCUT2D eigenvalue weighted by atomic mass is 10.1. The third-order valence-corrected chi connectivity index (χ3v) is 2.40. The van der Waals surface area contributed by atoms with Crippen molar-refractivity contribution in [1.29, 1.82) is 0 Å². The summed E-state index contributed by atoms with van der Waals surface area (Å²) in [5.41, 5.74) is 1.16. The van der Waals surface area contributed by atoms with Crippen LogP contribution in [-0.2, 0) is 6.61 Å². The number of ether oxygens (including phenoxy) is 1. The summed E-state index contributed by atoms with van der Waals surface area (Å²) < 4.78 is 40.9. The lowest BCUT2D eigenvalue weighted by Gasteiger charge is -2.13. The second kappa shape index (κ2) is 5.27. The summed E-state index contributed by atoms with van der Waals surface area (Å²) in [7, 11) is 0. The van der Waals surface area contributed by atoms with E-state index in [4.69, 9.17) is 5.11 Å². The first-order valence-corrected chi connectivity index (χ1v) is 5.40. The Kier molecular flexibility index (Phi) is 3.71. The molecule has 0 saturated heterocycles. The number of rotatable bonds is 3. The zero-order valence-electron chi connectivity index (χ0n) is 9.69. The second-order valence-corrected chi connectivity index (χ2v) is 3.74. The predicted octanol–water partition coefficient (Wildman–Crippen LogP) is 3.14. The molecule has 0 spiro atoms. The Morgan fingerprint density at radius 2 is 1.89 bits per heavy atom. The van der Waals surface area contributed by atoms with Crippen LogP contribution < -0.4 is 4.74 Å². The van der Waals surface area contributed by atoms with Gasteiger partial charge in [0.25, 0.3) is 0 Å². The molecule has 0 aliphatic carbocycles. The molecule has 1 aromatic carbocycles. The third-order valence-electron chi connectivity index (χ3n) is 2.40. The molecule has 0 atom stereocenters. The van der Waals surface area contributed by atoms with E-state index < -0.39 is 6.36 Å². The highest BCUT2D eigenvalue weighted by Gasteiger charge is 2.32. The smallest absolute Gasteiger partial charge is 0.405 e. The van der Waals surface area contributed by atoms with Crippen molar-refractivity contribution in [3.05, 3.63) is 48.3 Å². The van der Waals surface area contributed by atoms with Gasteiger partial charge in [0.05, 0.1) is 12.3 Å². The van der Waals surface area contributed by atoms with Gasteiger partial charge in [0.15, 0.2) is 0 Å². The Labute approximate surface area is 107 Å². The first kappa shape index (κ1) is 13.4. The Morgan fingerprint density at radius 1 is 1.16 bits per heavy atom. The van der Waals surface area contributed by atoms with Crippen LogP contribution in [0.1, 0.15) is 5.69 Å². The number of hydrogen-bond acceptors (Lipinski definition) is 3. The maximum absolute atomic E-state index is 12.3. The van der Waals surface area contributed by atoms with Crippen LogP contribution in [0, 0.1) is 0 Å². The minimum absolute atomic E-state index is 0.282. The number of para-hydroxylation sites is 1. The summed E-state index contributed by atoms with van der Waals surface area (Å²) in [6.07, 6.45) is -3.33. The first-order valence-electron chi connectivity index (χ1n) is 5.40. The Morgan fingerprint density at radius 3 is 2.58 bits per heavy atom. The van der Waals surface area contributed by atoms with Crippen molar-refractivity contribution in [2.45, 2.75) is 13.0 Å². The largest absolute Gasteiger partial charge is 0.573 e. The Bertz CT molecular complexity index is 570. The fourth-order valence-corrected chi connectivity index (χ4v) is 1.65. The normalized spacial score (nSPS) is 11.4. The summed E-state index contributed by atoms with van der Waals surface area (Å²) in [4.78, 5) is 3.87. The number of alkyl halides is 3. The number of benzene rings is 1. The molecule has 2 rings (SSSR count). The molecule has 0 bridgehead atoms.